The Bertz CT molecular complexity index is 500. The Morgan fingerprint density at radius 1 is 1.29 bits per heavy atom. The minimum atomic E-state index is -3.85. The summed E-state index contributed by atoms with van der Waals surface area (Å²) < 4.78 is 24.3. The molecule has 1 aromatic rings. The number of aromatic nitrogens is 3. The molecule has 0 radical (unpaired) electrons. The normalized spacial score (nSPS) is 13.4. The summed E-state index contributed by atoms with van der Waals surface area (Å²) >= 11 is 0. The number of hydrogen-bond donors (Lipinski definition) is 0. The van der Waals surface area contributed by atoms with Crippen molar-refractivity contribution in [2.75, 3.05) is 0 Å². The maximum Gasteiger partial charge on any atom is 0.296 e. The van der Waals surface area contributed by atoms with Crippen molar-refractivity contribution in [3.63, 3.8) is 0 Å². The average Bonchev–Trinajstić information content (AvgIpc) is 2.43. The molecule has 0 aromatic carbocycles. The molecule has 0 aliphatic heterocycles. The van der Waals surface area contributed by atoms with E-state index in [0.717, 1.165) is 0 Å². The van der Waals surface area contributed by atoms with Crippen LogP contribution in [0.1, 0.15) is 46.5 Å². The number of hydrogen-bond acceptors (Lipinski definition) is 4. The Morgan fingerprint density at radius 2 is 1.82 bits per heavy atom. The van der Waals surface area contributed by atoms with E-state index in [1.165, 1.54) is 0 Å². The maximum atomic E-state index is 11.4. The van der Waals surface area contributed by atoms with E-state index in [-0.39, 0.29) is 16.6 Å². The van der Waals surface area contributed by atoms with Crippen LogP contribution < -0.4 is 0 Å². The SMILES string of the molecule is CC(C)n1c(CC(C)(C)C)nnc1S(=O)(=O)Cl. The highest BCUT2D eigenvalue weighted by molar-refractivity contribution is 8.13. The lowest BCUT2D eigenvalue weighted by molar-refractivity contribution is 0.381. The lowest BCUT2D eigenvalue weighted by Gasteiger charge is -2.19. The van der Waals surface area contributed by atoms with Crippen molar-refractivity contribution in [2.24, 2.45) is 5.41 Å². The van der Waals surface area contributed by atoms with Crippen molar-refractivity contribution in [3.05, 3.63) is 5.82 Å². The average molecular weight is 280 g/mol. The first-order chi connectivity index (χ1) is 7.52. The van der Waals surface area contributed by atoms with E-state index in [2.05, 4.69) is 31.0 Å². The molecule has 5 nitrogen and oxygen atoms in total. The van der Waals surface area contributed by atoms with Crippen LogP contribution in [-0.2, 0) is 15.5 Å². The molecule has 0 spiro atoms. The molecule has 0 aliphatic rings. The van der Waals surface area contributed by atoms with E-state index in [4.69, 9.17) is 10.7 Å². The molecule has 0 saturated heterocycles. The largest absolute Gasteiger partial charge is 0.298 e. The highest BCUT2D eigenvalue weighted by Crippen LogP contribution is 2.25. The van der Waals surface area contributed by atoms with Crippen LogP contribution >= 0.6 is 10.7 Å². The van der Waals surface area contributed by atoms with E-state index >= 15 is 0 Å². The summed E-state index contributed by atoms with van der Waals surface area (Å²) in [4.78, 5) is 0. The molecule has 0 aliphatic carbocycles. The first-order valence-corrected chi connectivity index (χ1v) is 7.72. The molecule has 1 aromatic heterocycles. The van der Waals surface area contributed by atoms with Crippen LogP contribution in [0.15, 0.2) is 5.16 Å². The predicted molar refractivity (Wildman–Crippen MR) is 66.6 cm³/mol. The minimum Gasteiger partial charge on any atom is -0.298 e. The van der Waals surface area contributed by atoms with Crippen LogP contribution in [0.4, 0.5) is 0 Å². The molecular weight excluding hydrogens is 262 g/mol. The van der Waals surface area contributed by atoms with Crippen LogP contribution in [0.5, 0.6) is 0 Å². The summed E-state index contributed by atoms with van der Waals surface area (Å²) in [5, 5.41) is 7.45. The second-order valence-electron chi connectivity index (χ2n) is 5.54. The van der Waals surface area contributed by atoms with Gasteiger partial charge in [0, 0.05) is 23.1 Å². The topological polar surface area (TPSA) is 64.8 Å². The first kappa shape index (κ1) is 14.4. The number of rotatable bonds is 3. The Labute approximate surface area is 107 Å². The van der Waals surface area contributed by atoms with Crippen molar-refractivity contribution >= 4 is 19.7 Å². The summed E-state index contributed by atoms with van der Waals surface area (Å²) in [6, 6.07) is -0.0501. The van der Waals surface area contributed by atoms with Gasteiger partial charge in [-0.2, -0.15) is 0 Å². The van der Waals surface area contributed by atoms with Gasteiger partial charge in [-0.3, -0.25) is 4.57 Å². The van der Waals surface area contributed by atoms with Crippen molar-refractivity contribution in [1.82, 2.24) is 14.8 Å². The van der Waals surface area contributed by atoms with Gasteiger partial charge in [0.1, 0.15) is 5.82 Å². The summed E-state index contributed by atoms with van der Waals surface area (Å²) in [6.07, 6.45) is 0.643. The van der Waals surface area contributed by atoms with E-state index in [9.17, 15) is 8.42 Å². The summed E-state index contributed by atoms with van der Waals surface area (Å²) in [6.45, 7) is 9.92. The van der Waals surface area contributed by atoms with Crippen LogP contribution in [-0.4, -0.2) is 23.2 Å². The van der Waals surface area contributed by atoms with Gasteiger partial charge in [0.15, 0.2) is 0 Å². The number of nitrogens with zero attached hydrogens (tertiary/aromatic N) is 3. The molecule has 0 amide bonds. The third-order valence-electron chi connectivity index (χ3n) is 2.16. The van der Waals surface area contributed by atoms with Gasteiger partial charge in [-0.25, -0.2) is 8.42 Å². The van der Waals surface area contributed by atoms with Gasteiger partial charge in [-0.1, -0.05) is 20.8 Å². The van der Waals surface area contributed by atoms with Gasteiger partial charge in [0.2, 0.25) is 0 Å². The fourth-order valence-electron chi connectivity index (χ4n) is 1.59. The second-order valence-corrected chi connectivity index (χ2v) is 8.00. The first-order valence-electron chi connectivity index (χ1n) is 5.41. The van der Waals surface area contributed by atoms with Crippen molar-refractivity contribution < 1.29 is 8.42 Å². The van der Waals surface area contributed by atoms with Gasteiger partial charge < -0.3 is 0 Å². The molecule has 0 unspecified atom stereocenters. The molecular formula is C10H18ClN3O2S. The quantitative estimate of drug-likeness (QED) is 0.797. The molecule has 1 rings (SSSR count). The van der Waals surface area contributed by atoms with Gasteiger partial charge in [-0.05, 0) is 19.3 Å². The zero-order chi connectivity index (χ0) is 13.4. The molecule has 0 saturated carbocycles. The van der Waals surface area contributed by atoms with E-state index in [0.29, 0.717) is 12.2 Å². The molecule has 0 bridgehead atoms. The minimum absolute atomic E-state index is 0.00696. The standard InChI is InChI=1S/C10H18ClN3O2S/c1-7(2)14-8(6-10(3,4)5)12-13-9(14)17(11,15)16/h7H,6H2,1-5H3. The Hall–Kier alpha value is -0.620. The third-order valence-corrected chi connectivity index (χ3v) is 3.29. The predicted octanol–water partition coefficient (Wildman–Crippen LogP) is 2.38. The van der Waals surface area contributed by atoms with E-state index in [1.54, 1.807) is 4.57 Å². The van der Waals surface area contributed by atoms with Crippen molar-refractivity contribution in [2.45, 2.75) is 52.2 Å². The molecule has 0 atom stereocenters. The lowest BCUT2D eigenvalue weighted by Crippen LogP contribution is -2.17. The molecule has 17 heavy (non-hydrogen) atoms. The zero-order valence-corrected chi connectivity index (χ0v) is 12.3. The van der Waals surface area contributed by atoms with E-state index in [1.807, 2.05) is 13.8 Å². The Balaban J connectivity index is 3.31. The monoisotopic (exact) mass is 279 g/mol. The summed E-state index contributed by atoms with van der Waals surface area (Å²) in [5.41, 5.74) is 0.00696. The number of halogens is 1. The summed E-state index contributed by atoms with van der Waals surface area (Å²) in [5.74, 6) is 0.645. The lowest BCUT2D eigenvalue weighted by atomic mass is 9.92. The Morgan fingerprint density at radius 3 is 2.18 bits per heavy atom. The Kier molecular flexibility index (Phi) is 3.88. The van der Waals surface area contributed by atoms with Crippen LogP contribution in [0.2, 0.25) is 0 Å². The molecule has 7 heteroatoms. The van der Waals surface area contributed by atoms with Gasteiger partial charge >= 0.3 is 0 Å². The maximum absolute atomic E-state index is 11.4. The van der Waals surface area contributed by atoms with E-state index < -0.39 is 9.05 Å². The smallest absolute Gasteiger partial charge is 0.296 e. The molecule has 1 heterocycles. The van der Waals surface area contributed by atoms with Crippen molar-refractivity contribution in [1.29, 1.82) is 0 Å². The van der Waals surface area contributed by atoms with Crippen LogP contribution in [0.25, 0.3) is 0 Å². The fourth-order valence-corrected chi connectivity index (χ4v) is 2.59. The summed E-state index contributed by atoms with van der Waals surface area (Å²) in [7, 11) is 1.49. The molecule has 0 fully saturated rings. The highest BCUT2D eigenvalue weighted by atomic mass is 35.7. The van der Waals surface area contributed by atoms with Gasteiger partial charge in [0.25, 0.3) is 14.2 Å². The van der Waals surface area contributed by atoms with Crippen LogP contribution in [0, 0.1) is 5.41 Å². The fraction of sp³-hybridized carbons (Fsp3) is 0.800. The third kappa shape index (κ3) is 3.67. The second kappa shape index (κ2) is 4.57. The van der Waals surface area contributed by atoms with Crippen molar-refractivity contribution in [3.8, 4) is 0 Å². The zero-order valence-electron chi connectivity index (χ0n) is 10.7. The molecule has 0 N–H and O–H groups in total. The van der Waals surface area contributed by atoms with Gasteiger partial charge in [-0.15, -0.1) is 10.2 Å². The van der Waals surface area contributed by atoms with Gasteiger partial charge in [0.05, 0.1) is 0 Å². The van der Waals surface area contributed by atoms with Crippen LogP contribution in [0.3, 0.4) is 0 Å². The highest BCUT2D eigenvalue weighted by Gasteiger charge is 2.26. The molecule has 98 valence electrons.